The average Bonchev–Trinajstić information content (AvgIpc) is 2.55. The highest BCUT2D eigenvalue weighted by molar-refractivity contribution is 5.93. The molecule has 27 heavy (non-hydrogen) atoms. The maximum absolute atomic E-state index is 12.3. The highest BCUT2D eigenvalue weighted by Gasteiger charge is 2.45. The summed E-state index contributed by atoms with van der Waals surface area (Å²) in [6.07, 6.45) is 7.02. The average molecular weight is 382 g/mol. The molecule has 0 amide bonds. The number of esters is 3. The van der Waals surface area contributed by atoms with Crippen LogP contribution in [-0.2, 0) is 33.3 Å². The summed E-state index contributed by atoms with van der Waals surface area (Å²) < 4.78 is 20.9. The summed E-state index contributed by atoms with van der Waals surface area (Å²) in [4.78, 5) is 36.1. The maximum atomic E-state index is 12.3. The Morgan fingerprint density at radius 2 is 1.67 bits per heavy atom. The molecule has 1 saturated heterocycles. The summed E-state index contributed by atoms with van der Waals surface area (Å²) in [5.74, 6) is -1.63. The molecule has 1 aliphatic heterocycles. The molecule has 0 aromatic heterocycles. The van der Waals surface area contributed by atoms with E-state index in [0.29, 0.717) is 0 Å². The minimum absolute atomic E-state index is 0.0148. The van der Waals surface area contributed by atoms with E-state index in [0.717, 1.165) is 38.5 Å². The van der Waals surface area contributed by atoms with Gasteiger partial charge in [-0.25, -0.2) is 4.79 Å². The third-order valence-electron chi connectivity index (χ3n) is 4.81. The predicted molar refractivity (Wildman–Crippen MR) is 96.8 cm³/mol. The van der Waals surface area contributed by atoms with Crippen molar-refractivity contribution in [1.82, 2.24) is 0 Å². The molecule has 2 rings (SSSR count). The Hall–Kier alpha value is -1.89. The molecule has 0 N–H and O–H groups in total. The van der Waals surface area contributed by atoms with Gasteiger partial charge in [-0.15, -0.1) is 0 Å². The van der Waals surface area contributed by atoms with Crippen LogP contribution in [-0.4, -0.2) is 49.4 Å². The van der Waals surface area contributed by atoms with E-state index in [4.69, 9.17) is 18.9 Å². The van der Waals surface area contributed by atoms with Gasteiger partial charge in [0.2, 0.25) is 0 Å². The van der Waals surface area contributed by atoms with E-state index in [1.54, 1.807) is 6.92 Å². The molecule has 0 aromatic rings. The number of rotatable bonds is 8. The lowest BCUT2D eigenvalue weighted by Gasteiger charge is -2.39. The van der Waals surface area contributed by atoms with Crippen LogP contribution in [0.25, 0.3) is 0 Å². The lowest BCUT2D eigenvalue weighted by molar-refractivity contribution is -0.215. The molecular weight excluding hydrogens is 352 g/mol. The molecule has 0 spiro atoms. The van der Waals surface area contributed by atoms with Gasteiger partial charge in [-0.2, -0.15) is 0 Å². The standard InChI is InChI=1S/C20H30O7/c1-3-25-18(22)12-20(13-24-14-20)27-19(23)15(2)11-17(21)26-16-9-7-5-4-6-8-10-16/h16H,2-14H2,1H3. The second-order valence-electron chi connectivity index (χ2n) is 7.28. The maximum Gasteiger partial charge on any atom is 0.334 e. The largest absolute Gasteiger partial charge is 0.466 e. The van der Waals surface area contributed by atoms with E-state index in [-0.39, 0.29) is 44.3 Å². The van der Waals surface area contributed by atoms with Crippen LogP contribution in [0.5, 0.6) is 0 Å². The van der Waals surface area contributed by atoms with Gasteiger partial charge in [0.25, 0.3) is 0 Å². The van der Waals surface area contributed by atoms with Crippen molar-refractivity contribution in [1.29, 1.82) is 0 Å². The molecule has 0 radical (unpaired) electrons. The zero-order valence-corrected chi connectivity index (χ0v) is 16.1. The molecule has 2 fully saturated rings. The molecule has 1 saturated carbocycles. The monoisotopic (exact) mass is 382 g/mol. The van der Waals surface area contributed by atoms with Gasteiger partial charge >= 0.3 is 17.9 Å². The third-order valence-corrected chi connectivity index (χ3v) is 4.81. The van der Waals surface area contributed by atoms with Crippen molar-refractivity contribution >= 4 is 17.9 Å². The van der Waals surface area contributed by atoms with Gasteiger partial charge in [0.15, 0.2) is 5.60 Å². The minimum atomic E-state index is -1.03. The van der Waals surface area contributed by atoms with E-state index in [2.05, 4.69) is 6.58 Å². The smallest absolute Gasteiger partial charge is 0.334 e. The SMILES string of the molecule is C=C(CC(=O)OC1CCCCCCC1)C(=O)OC1(CC(=O)OCC)COC1. The van der Waals surface area contributed by atoms with Crippen molar-refractivity contribution in [3.05, 3.63) is 12.2 Å². The van der Waals surface area contributed by atoms with Gasteiger partial charge in [-0.05, 0) is 32.6 Å². The zero-order chi connectivity index (χ0) is 19.7. The fraction of sp³-hybridized carbons (Fsp3) is 0.750. The van der Waals surface area contributed by atoms with Crippen LogP contribution in [0.2, 0.25) is 0 Å². The molecule has 0 bridgehead atoms. The molecule has 152 valence electrons. The quantitative estimate of drug-likeness (QED) is 0.362. The number of hydrogen-bond acceptors (Lipinski definition) is 7. The Kier molecular flexibility index (Phi) is 8.28. The van der Waals surface area contributed by atoms with Gasteiger partial charge in [-0.1, -0.05) is 25.8 Å². The van der Waals surface area contributed by atoms with E-state index in [9.17, 15) is 14.4 Å². The van der Waals surface area contributed by atoms with E-state index < -0.39 is 23.5 Å². The van der Waals surface area contributed by atoms with Gasteiger partial charge in [0.05, 0.1) is 32.7 Å². The molecular formula is C20H30O7. The predicted octanol–water partition coefficient (Wildman–Crippen LogP) is 2.85. The minimum Gasteiger partial charge on any atom is -0.466 e. The normalized spacial score (nSPS) is 19.7. The zero-order valence-electron chi connectivity index (χ0n) is 16.1. The van der Waals surface area contributed by atoms with E-state index in [1.165, 1.54) is 6.42 Å². The van der Waals surface area contributed by atoms with Gasteiger partial charge in [0, 0.05) is 5.57 Å². The van der Waals surface area contributed by atoms with Gasteiger partial charge < -0.3 is 18.9 Å². The Bertz CT molecular complexity index is 543. The van der Waals surface area contributed by atoms with Crippen molar-refractivity contribution in [3.63, 3.8) is 0 Å². The van der Waals surface area contributed by atoms with Crippen LogP contribution >= 0.6 is 0 Å². The summed E-state index contributed by atoms with van der Waals surface area (Å²) >= 11 is 0. The highest BCUT2D eigenvalue weighted by atomic mass is 16.6. The highest BCUT2D eigenvalue weighted by Crippen LogP contribution is 2.28. The lowest BCUT2D eigenvalue weighted by atomic mass is 9.97. The number of hydrogen-bond donors (Lipinski definition) is 0. The lowest BCUT2D eigenvalue weighted by Crippen LogP contribution is -2.54. The van der Waals surface area contributed by atoms with Crippen LogP contribution < -0.4 is 0 Å². The van der Waals surface area contributed by atoms with Crippen molar-refractivity contribution in [2.24, 2.45) is 0 Å². The first-order valence-corrected chi connectivity index (χ1v) is 9.78. The Morgan fingerprint density at radius 1 is 1.04 bits per heavy atom. The fourth-order valence-corrected chi connectivity index (χ4v) is 3.28. The van der Waals surface area contributed by atoms with Crippen molar-refractivity contribution < 1.29 is 33.3 Å². The second kappa shape index (κ2) is 10.4. The molecule has 7 heteroatoms. The van der Waals surface area contributed by atoms with Crippen molar-refractivity contribution in [2.75, 3.05) is 19.8 Å². The van der Waals surface area contributed by atoms with E-state index in [1.807, 2.05) is 0 Å². The first kappa shape index (κ1) is 21.4. The first-order chi connectivity index (χ1) is 12.9. The molecule has 1 heterocycles. The van der Waals surface area contributed by atoms with Crippen molar-refractivity contribution in [3.8, 4) is 0 Å². The summed E-state index contributed by atoms with van der Waals surface area (Å²) in [6.45, 7) is 5.85. The van der Waals surface area contributed by atoms with Crippen LogP contribution in [0.1, 0.15) is 64.7 Å². The summed E-state index contributed by atoms with van der Waals surface area (Å²) in [5, 5.41) is 0. The Labute approximate surface area is 160 Å². The number of ether oxygens (including phenoxy) is 4. The van der Waals surface area contributed by atoms with Crippen LogP contribution in [0.3, 0.4) is 0 Å². The van der Waals surface area contributed by atoms with Crippen molar-refractivity contribution in [2.45, 2.75) is 76.4 Å². The number of carbonyl (C=O) groups excluding carboxylic acids is 3. The molecule has 0 aromatic carbocycles. The fourth-order valence-electron chi connectivity index (χ4n) is 3.28. The summed E-state index contributed by atoms with van der Waals surface area (Å²) in [5.41, 5.74) is -1.02. The van der Waals surface area contributed by atoms with Gasteiger partial charge in [0.1, 0.15) is 6.10 Å². The Morgan fingerprint density at radius 3 is 2.22 bits per heavy atom. The van der Waals surface area contributed by atoms with Crippen LogP contribution in [0.15, 0.2) is 12.2 Å². The summed E-state index contributed by atoms with van der Waals surface area (Å²) in [6, 6.07) is 0. The first-order valence-electron chi connectivity index (χ1n) is 9.78. The Balaban J connectivity index is 1.79. The molecule has 7 nitrogen and oxygen atoms in total. The molecule has 2 aliphatic rings. The van der Waals surface area contributed by atoms with Crippen LogP contribution in [0.4, 0.5) is 0 Å². The van der Waals surface area contributed by atoms with Gasteiger partial charge in [-0.3, -0.25) is 9.59 Å². The topological polar surface area (TPSA) is 88.1 Å². The van der Waals surface area contributed by atoms with E-state index >= 15 is 0 Å². The molecule has 1 aliphatic carbocycles. The summed E-state index contributed by atoms with van der Waals surface area (Å²) in [7, 11) is 0. The molecule has 0 atom stereocenters. The number of carbonyl (C=O) groups is 3. The molecule has 0 unspecified atom stereocenters. The third kappa shape index (κ3) is 6.97. The van der Waals surface area contributed by atoms with Crippen LogP contribution in [0, 0.1) is 0 Å². The second-order valence-corrected chi connectivity index (χ2v) is 7.28.